The fourth-order valence-electron chi connectivity index (χ4n) is 2.92. The molecule has 3 aromatic rings. The second kappa shape index (κ2) is 7.78. The Balaban J connectivity index is 1.98. The molecule has 0 N–H and O–H groups in total. The number of sulfone groups is 1. The summed E-state index contributed by atoms with van der Waals surface area (Å²) in [5.74, 6) is -0.405. The predicted molar refractivity (Wildman–Crippen MR) is 111 cm³/mol. The quantitative estimate of drug-likeness (QED) is 0.627. The normalized spacial score (nSPS) is 11.7. The van der Waals surface area contributed by atoms with Crippen LogP contribution in [0.3, 0.4) is 0 Å². The monoisotopic (exact) mass is 402 g/mol. The Morgan fingerprint density at radius 1 is 1.15 bits per heavy atom. The number of carbonyl (C=O) groups excluding carboxylic acids is 1. The maximum atomic E-state index is 12.9. The highest BCUT2D eigenvalue weighted by Gasteiger charge is 2.22. The molecule has 1 amide bonds. The number of thiazole rings is 1. The zero-order chi connectivity index (χ0) is 19.6. The van der Waals surface area contributed by atoms with Gasteiger partial charge in [0.05, 0.1) is 22.5 Å². The van der Waals surface area contributed by atoms with Gasteiger partial charge in [-0.25, -0.2) is 13.4 Å². The molecule has 0 spiro atoms. The average Bonchev–Trinajstić information content (AvgIpc) is 3.02. The molecule has 0 aliphatic heterocycles. The third-order valence-corrected chi connectivity index (χ3v) is 6.39. The van der Waals surface area contributed by atoms with Crippen LogP contribution in [-0.4, -0.2) is 31.3 Å². The van der Waals surface area contributed by atoms with Crippen molar-refractivity contribution in [1.82, 2.24) is 4.98 Å². The number of amides is 1. The van der Waals surface area contributed by atoms with E-state index in [-0.39, 0.29) is 18.1 Å². The van der Waals surface area contributed by atoms with Crippen molar-refractivity contribution in [1.29, 1.82) is 0 Å². The minimum atomic E-state index is -3.21. The maximum absolute atomic E-state index is 12.9. The third kappa shape index (κ3) is 4.93. The van der Waals surface area contributed by atoms with Crippen molar-refractivity contribution < 1.29 is 13.2 Å². The van der Waals surface area contributed by atoms with E-state index in [0.717, 1.165) is 33.2 Å². The number of hydrogen-bond donors (Lipinski definition) is 0. The zero-order valence-corrected chi connectivity index (χ0v) is 17.2. The van der Waals surface area contributed by atoms with E-state index in [1.165, 1.54) is 11.3 Å². The number of fused-ring (bicyclic) bond motifs is 1. The molecule has 0 fully saturated rings. The molecule has 1 heterocycles. The van der Waals surface area contributed by atoms with Gasteiger partial charge in [-0.15, -0.1) is 0 Å². The molecule has 0 bridgehead atoms. The highest BCUT2D eigenvalue weighted by atomic mass is 32.2. The highest BCUT2D eigenvalue weighted by Crippen LogP contribution is 2.33. The molecule has 0 saturated carbocycles. The fraction of sp³-hybridized carbons (Fsp3) is 0.300. The lowest BCUT2D eigenvalue weighted by atomic mass is 10.1. The minimum absolute atomic E-state index is 0.0560. The van der Waals surface area contributed by atoms with Crippen LogP contribution in [0.4, 0.5) is 5.13 Å². The molecule has 0 atom stereocenters. The summed E-state index contributed by atoms with van der Waals surface area (Å²) in [6.07, 6.45) is 1.09. The second-order valence-corrected chi connectivity index (χ2v) is 10.0. The molecular formula is C20H22N2O3S2. The van der Waals surface area contributed by atoms with E-state index in [9.17, 15) is 13.2 Å². The van der Waals surface area contributed by atoms with E-state index in [1.807, 2.05) is 50.2 Å². The summed E-state index contributed by atoms with van der Waals surface area (Å²) in [4.78, 5) is 19.1. The van der Waals surface area contributed by atoms with Gasteiger partial charge in [0.25, 0.3) is 0 Å². The molecule has 5 nitrogen and oxygen atoms in total. The summed E-state index contributed by atoms with van der Waals surface area (Å²) >= 11 is 1.47. The van der Waals surface area contributed by atoms with E-state index < -0.39 is 9.84 Å². The lowest BCUT2D eigenvalue weighted by Crippen LogP contribution is -2.31. The molecule has 27 heavy (non-hydrogen) atoms. The van der Waals surface area contributed by atoms with Crippen molar-refractivity contribution in [3.8, 4) is 0 Å². The molecule has 3 rings (SSSR count). The molecule has 0 unspecified atom stereocenters. The van der Waals surface area contributed by atoms with Gasteiger partial charge in [0.1, 0.15) is 9.84 Å². The summed E-state index contributed by atoms with van der Waals surface area (Å²) in [6, 6.07) is 13.7. The third-order valence-electron chi connectivity index (χ3n) is 4.21. The Bertz CT molecular complexity index is 1070. The summed E-state index contributed by atoms with van der Waals surface area (Å²) < 4.78 is 24.0. The number of rotatable bonds is 6. The van der Waals surface area contributed by atoms with Crippen molar-refractivity contribution in [3.05, 3.63) is 59.2 Å². The van der Waals surface area contributed by atoms with Crippen LogP contribution < -0.4 is 4.90 Å². The van der Waals surface area contributed by atoms with Gasteiger partial charge in [0, 0.05) is 12.7 Å². The number of aromatic nitrogens is 1. The zero-order valence-electron chi connectivity index (χ0n) is 15.6. The fourth-order valence-corrected chi connectivity index (χ4v) is 4.49. The van der Waals surface area contributed by atoms with Gasteiger partial charge < -0.3 is 0 Å². The van der Waals surface area contributed by atoms with E-state index in [4.69, 9.17) is 0 Å². The molecule has 0 saturated heterocycles. The van der Waals surface area contributed by atoms with Gasteiger partial charge in [0.2, 0.25) is 5.91 Å². The molecule has 142 valence electrons. The van der Waals surface area contributed by atoms with Gasteiger partial charge >= 0.3 is 0 Å². The van der Waals surface area contributed by atoms with Crippen LogP contribution in [0.25, 0.3) is 10.2 Å². The first-order valence-corrected chi connectivity index (χ1v) is 11.5. The Morgan fingerprint density at radius 3 is 2.52 bits per heavy atom. The molecular weight excluding hydrogens is 380 g/mol. The van der Waals surface area contributed by atoms with Crippen LogP contribution in [0.2, 0.25) is 0 Å². The van der Waals surface area contributed by atoms with E-state index >= 15 is 0 Å². The van der Waals surface area contributed by atoms with Crippen LogP contribution in [0.1, 0.15) is 23.1 Å². The number of aryl methyl sites for hydroxylation is 2. The van der Waals surface area contributed by atoms with Crippen molar-refractivity contribution >= 4 is 42.4 Å². The molecule has 7 heteroatoms. The Kier molecular flexibility index (Phi) is 5.62. The first-order chi connectivity index (χ1) is 12.7. The molecule has 0 aliphatic carbocycles. The minimum Gasteiger partial charge on any atom is -0.284 e. The molecule has 0 radical (unpaired) electrons. The SMILES string of the molecule is Cc1cc(C)c2sc(N(Cc3ccccc3)C(=O)CCS(C)(=O)=O)nc2c1. The summed E-state index contributed by atoms with van der Waals surface area (Å²) in [5.41, 5.74) is 4.07. The van der Waals surface area contributed by atoms with Gasteiger partial charge in [0.15, 0.2) is 5.13 Å². The lowest BCUT2D eigenvalue weighted by molar-refractivity contribution is -0.118. The van der Waals surface area contributed by atoms with Gasteiger partial charge in [-0.05, 0) is 36.6 Å². The van der Waals surface area contributed by atoms with E-state index in [2.05, 4.69) is 11.1 Å². The van der Waals surface area contributed by atoms with Crippen LogP contribution >= 0.6 is 11.3 Å². The molecule has 1 aromatic heterocycles. The first-order valence-electron chi connectivity index (χ1n) is 8.63. The Morgan fingerprint density at radius 2 is 1.85 bits per heavy atom. The van der Waals surface area contributed by atoms with Crippen LogP contribution in [0, 0.1) is 13.8 Å². The topological polar surface area (TPSA) is 67.3 Å². The van der Waals surface area contributed by atoms with Crippen molar-refractivity contribution in [2.45, 2.75) is 26.8 Å². The second-order valence-electron chi connectivity index (χ2n) is 6.77. The number of hydrogen-bond acceptors (Lipinski definition) is 5. The van der Waals surface area contributed by atoms with Crippen molar-refractivity contribution in [2.75, 3.05) is 16.9 Å². The van der Waals surface area contributed by atoms with Crippen LogP contribution in [0.15, 0.2) is 42.5 Å². The lowest BCUT2D eigenvalue weighted by Gasteiger charge is -2.20. The smallest absolute Gasteiger partial charge is 0.230 e. The molecule has 0 aliphatic rings. The van der Waals surface area contributed by atoms with Crippen LogP contribution in [-0.2, 0) is 21.2 Å². The summed E-state index contributed by atoms with van der Waals surface area (Å²) in [7, 11) is -3.21. The first kappa shape index (κ1) is 19.5. The standard InChI is InChI=1S/C20H22N2O3S2/c1-14-11-15(2)19-17(12-14)21-20(26-19)22(13-16-7-5-4-6-8-16)18(23)9-10-27(3,24)25/h4-8,11-12H,9-10,13H2,1-3H3. The van der Waals surface area contributed by atoms with Crippen LogP contribution in [0.5, 0.6) is 0 Å². The van der Waals surface area contributed by atoms with Gasteiger partial charge in [-0.1, -0.05) is 47.7 Å². The Hall–Kier alpha value is -2.25. The summed E-state index contributed by atoms with van der Waals surface area (Å²) in [6.45, 7) is 4.41. The van der Waals surface area contributed by atoms with Gasteiger partial charge in [-0.3, -0.25) is 9.69 Å². The average molecular weight is 403 g/mol. The number of benzene rings is 2. The largest absolute Gasteiger partial charge is 0.284 e. The number of nitrogens with zero attached hydrogens (tertiary/aromatic N) is 2. The van der Waals surface area contributed by atoms with Gasteiger partial charge in [-0.2, -0.15) is 0 Å². The number of carbonyl (C=O) groups is 1. The molecule has 2 aromatic carbocycles. The van der Waals surface area contributed by atoms with E-state index in [1.54, 1.807) is 4.90 Å². The Labute approximate surface area is 163 Å². The maximum Gasteiger partial charge on any atom is 0.230 e. The summed E-state index contributed by atoms with van der Waals surface area (Å²) in [5, 5.41) is 0.598. The van der Waals surface area contributed by atoms with E-state index in [0.29, 0.717) is 11.7 Å². The predicted octanol–water partition coefficient (Wildman–Crippen LogP) is 3.88. The van der Waals surface area contributed by atoms with Crippen molar-refractivity contribution in [2.24, 2.45) is 0 Å². The highest BCUT2D eigenvalue weighted by molar-refractivity contribution is 7.90. The van der Waals surface area contributed by atoms with Crippen molar-refractivity contribution in [3.63, 3.8) is 0 Å². The number of anilines is 1.